The van der Waals surface area contributed by atoms with Gasteiger partial charge in [0, 0.05) is 30.2 Å². The fraction of sp³-hybridized carbons (Fsp3) is 0.600. The first kappa shape index (κ1) is 14.8. The standard InChI is InChI=1S/C15H23ClN2O/c1-12(8-15-11-19-7-6-17-15)18(2)10-13-4-3-5-14(16)9-13/h3-5,9,12,15,17H,6-8,10-11H2,1-2H3. The molecule has 2 rings (SSSR count). The topological polar surface area (TPSA) is 24.5 Å². The molecule has 1 heterocycles. The van der Waals surface area contributed by atoms with Crippen LogP contribution < -0.4 is 5.32 Å². The Labute approximate surface area is 120 Å². The van der Waals surface area contributed by atoms with Crippen LogP contribution in [0.15, 0.2) is 24.3 Å². The van der Waals surface area contributed by atoms with Crippen LogP contribution in [0.2, 0.25) is 5.02 Å². The molecular formula is C15H23ClN2O. The molecule has 106 valence electrons. The van der Waals surface area contributed by atoms with Crippen LogP contribution in [0, 0.1) is 0 Å². The molecule has 0 aromatic heterocycles. The summed E-state index contributed by atoms with van der Waals surface area (Å²) in [5, 5.41) is 4.31. The van der Waals surface area contributed by atoms with E-state index in [9.17, 15) is 0 Å². The number of rotatable bonds is 5. The highest BCUT2D eigenvalue weighted by atomic mass is 35.5. The molecule has 1 fully saturated rings. The number of hydrogen-bond acceptors (Lipinski definition) is 3. The Kier molecular flexibility index (Phi) is 5.64. The third-order valence-corrected chi connectivity index (χ3v) is 3.93. The minimum Gasteiger partial charge on any atom is -0.379 e. The molecule has 1 saturated heterocycles. The zero-order chi connectivity index (χ0) is 13.7. The average Bonchev–Trinajstić information content (AvgIpc) is 2.40. The summed E-state index contributed by atoms with van der Waals surface area (Å²) in [6.07, 6.45) is 1.11. The molecule has 2 unspecified atom stereocenters. The fourth-order valence-corrected chi connectivity index (χ4v) is 2.65. The Morgan fingerprint density at radius 1 is 1.53 bits per heavy atom. The van der Waals surface area contributed by atoms with Crippen LogP contribution in [-0.2, 0) is 11.3 Å². The number of benzene rings is 1. The molecule has 0 saturated carbocycles. The summed E-state index contributed by atoms with van der Waals surface area (Å²) in [5.74, 6) is 0. The summed E-state index contributed by atoms with van der Waals surface area (Å²) < 4.78 is 5.50. The lowest BCUT2D eigenvalue weighted by Gasteiger charge is -2.31. The van der Waals surface area contributed by atoms with Crippen LogP contribution in [-0.4, -0.2) is 43.8 Å². The van der Waals surface area contributed by atoms with Crippen molar-refractivity contribution in [3.8, 4) is 0 Å². The van der Waals surface area contributed by atoms with Crippen LogP contribution in [0.25, 0.3) is 0 Å². The predicted molar refractivity (Wildman–Crippen MR) is 79.6 cm³/mol. The molecule has 19 heavy (non-hydrogen) atoms. The van der Waals surface area contributed by atoms with Gasteiger partial charge in [0.15, 0.2) is 0 Å². The Morgan fingerprint density at radius 2 is 2.37 bits per heavy atom. The van der Waals surface area contributed by atoms with E-state index in [0.29, 0.717) is 12.1 Å². The van der Waals surface area contributed by atoms with Crippen LogP contribution in [0.3, 0.4) is 0 Å². The number of nitrogens with zero attached hydrogens (tertiary/aromatic N) is 1. The van der Waals surface area contributed by atoms with Crippen molar-refractivity contribution in [2.75, 3.05) is 26.8 Å². The van der Waals surface area contributed by atoms with Crippen LogP contribution in [0.4, 0.5) is 0 Å². The van der Waals surface area contributed by atoms with E-state index < -0.39 is 0 Å². The molecule has 1 N–H and O–H groups in total. The molecule has 2 atom stereocenters. The fourth-order valence-electron chi connectivity index (χ4n) is 2.44. The molecule has 1 aromatic carbocycles. The monoisotopic (exact) mass is 282 g/mol. The van der Waals surface area contributed by atoms with Crippen LogP contribution in [0.5, 0.6) is 0 Å². The first-order valence-electron chi connectivity index (χ1n) is 6.91. The van der Waals surface area contributed by atoms with E-state index in [0.717, 1.165) is 37.7 Å². The lowest BCUT2D eigenvalue weighted by Crippen LogP contribution is -2.45. The zero-order valence-corrected chi connectivity index (χ0v) is 12.5. The lowest BCUT2D eigenvalue weighted by atomic mass is 10.1. The van der Waals surface area contributed by atoms with E-state index in [1.54, 1.807) is 0 Å². The highest BCUT2D eigenvalue weighted by molar-refractivity contribution is 6.30. The van der Waals surface area contributed by atoms with Gasteiger partial charge in [-0.1, -0.05) is 23.7 Å². The van der Waals surface area contributed by atoms with Gasteiger partial charge in [-0.15, -0.1) is 0 Å². The zero-order valence-electron chi connectivity index (χ0n) is 11.7. The van der Waals surface area contributed by atoms with E-state index >= 15 is 0 Å². The number of ether oxygens (including phenoxy) is 1. The third-order valence-electron chi connectivity index (χ3n) is 3.70. The van der Waals surface area contributed by atoms with Gasteiger partial charge in [-0.2, -0.15) is 0 Å². The third kappa shape index (κ3) is 4.77. The van der Waals surface area contributed by atoms with E-state index in [-0.39, 0.29) is 0 Å². The number of morpholine rings is 1. The van der Waals surface area contributed by atoms with Gasteiger partial charge in [0.2, 0.25) is 0 Å². The molecule has 0 bridgehead atoms. The Bertz CT molecular complexity index is 393. The van der Waals surface area contributed by atoms with Crippen molar-refractivity contribution in [2.24, 2.45) is 0 Å². The van der Waals surface area contributed by atoms with Gasteiger partial charge in [-0.3, -0.25) is 4.90 Å². The molecule has 1 aliphatic rings. The van der Waals surface area contributed by atoms with Crippen LogP contribution >= 0.6 is 11.6 Å². The largest absolute Gasteiger partial charge is 0.379 e. The normalized spacial score (nSPS) is 21.6. The molecule has 4 heteroatoms. The summed E-state index contributed by atoms with van der Waals surface area (Å²) in [6.45, 7) is 5.82. The Hall–Kier alpha value is -0.610. The van der Waals surface area contributed by atoms with Gasteiger partial charge < -0.3 is 10.1 Å². The van der Waals surface area contributed by atoms with Gasteiger partial charge >= 0.3 is 0 Å². The van der Waals surface area contributed by atoms with Crippen molar-refractivity contribution >= 4 is 11.6 Å². The summed E-state index contributed by atoms with van der Waals surface area (Å²) in [5.41, 5.74) is 1.26. The molecule has 3 nitrogen and oxygen atoms in total. The SMILES string of the molecule is CC(CC1COCCN1)N(C)Cc1cccc(Cl)c1. The maximum atomic E-state index is 6.02. The quantitative estimate of drug-likeness (QED) is 0.898. The average molecular weight is 283 g/mol. The minimum absolute atomic E-state index is 0.477. The predicted octanol–water partition coefficient (Wildman–Crippen LogP) is 2.54. The van der Waals surface area contributed by atoms with Gasteiger partial charge in [-0.25, -0.2) is 0 Å². The lowest BCUT2D eigenvalue weighted by molar-refractivity contribution is 0.0638. The van der Waals surface area contributed by atoms with Crippen molar-refractivity contribution in [1.82, 2.24) is 10.2 Å². The highest BCUT2D eigenvalue weighted by Gasteiger charge is 2.18. The van der Waals surface area contributed by atoms with E-state index in [1.165, 1.54) is 5.56 Å². The molecule has 0 spiro atoms. The molecule has 1 aliphatic heterocycles. The van der Waals surface area contributed by atoms with Gasteiger partial charge in [-0.05, 0) is 38.1 Å². The number of nitrogens with one attached hydrogen (secondary N) is 1. The summed E-state index contributed by atoms with van der Waals surface area (Å²) in [7, 11) is 2.16. The molecule has 0 aliphatic carbocycles. The molecule has 0 amide bonds. The molecule has 1 aromatic rings. The van der Waals surface area contributed by atoms with Crippen LogP contribution in [0.1, 0.15) is 18.9 Å². The molecule has 0 radical (unpaired) electrons. The minimum atomic E-state index is 0.477. The Morgan fingerprint density at radius 3 is 3.05 bits per heavy atom. The summed E-state index contributed by atoms with van der Waals surface area (Å²) in [4.78, 5) is 2.36. The first-order valence-corrected chi connectivity index (χ1v) is 7.29. The highest BCUT2D eigenvalue weighted by Crippen LogP contribution is 2.15. The second-order valence-corrected chi connectivity index (χ2v) is 5.79. The smallest absolute Gasteiger partial charge is 0.0620 e. The van der Waals surface area contributed by atoms with Crippen molar-refractivity contribution in [1.29, 1.82) is 0 Å². The second-order valence-electron chi connectivity index (χ2n) is 5.36. The van der Waals surface area contributed by atoms with E-state index in [4.69, 9.17) is 16.3 Å². The first-order chi connectivity index (χ1) is 9.15. The van der Waals surface area contributed by atoms with E-state index in [1.807, 2.05) is 18.2 Å². The Balaban J connectivity index is 1.82. The second kappa shape index (κ2) is 7.25. The molecular weight excluding hydrogens is 260 g/mol. The van der Waals surface area contributed by atoms with E-state index in [2.05, 4.69) is 30.3 Å². The van der Waals surface area contributed by atoms with Gasteiger partial charge in [0.05, 0.1) is 13.2 Å². The maximum Gasteiger partial charge on any atom is 0.0620 e. The number of hydrogen-bond donors (Lipinski definition) is 1. The van der Waals surface area contributed by atoms with Crippen molar-refractivity contribution < 1.29 is 4.74 Å². The van der Waals surface area contributed by atoms with Gasteiger partial charge in [0.25, 0.3) is 0 Å². The van der Waals surface area contributed by atoms with Crippen molar-refractivity contribution in [2.45, 2.75) is 32.0 Å². The number of halogens is 1. The summed E-state index contributed by atoms with van der Waals surface area (Å²) >= 11 is 6.02. The maximum absolute atomic E-state index is 6.02. The van der Waals surface area contributed by atoms with Crippen molar-refractivity contribution in [3.05, 3.63) is 34.9 Å². The van der Waals surface area contributed by atoms with Crippen molar-refractivity contribution in [3.63, 3.8) is 0 Å². The van der Waals surface area contributed by atoms with Gasteiger partial charge in [0.1, 0.15) is 0 Å². The summed E-state index contributed by atoms with van der Waals surface area (Å²) in [6, 6.07) is 9.07.